The van der Waals surface area contributed by atoms with E-state index in [1.54, 1.807) is 0 Å². The first-order valence-electron chi connectivity index (χ1n) is 4.92. The molecule has 1 aliphatic rings. The van der Waals surface area contributed by atoms with Crippen molar-refractivity contribution in [3.05, 3.63) is 35.4 Å². The van der Waals surface area contributed by atoms with Crippen molar-refractivity contribution in [2.75, 3.05) is 13.2 Å². The van der Waals surface area contributed by atoms with Crippen LogP contribution in [-0.2, 0) is 9.78 Å². The summed E-state index contributed by atoms with van der Waals surface area (Å²) in [6.07, 6.45) is 0.526. The Labute approximate surface area is 90.9 Å². The fraction of sp³-hybridized carbons (Fsp3) is 0.364. The van der Waals surface area contributed by atoms with Gasteiger partial charge in [-0.15, -0.1) is 0 Å². The highest BCUT2D eigenvalue weighted by molar-refractivity contribution is 5.97. The molecule has 0 aliphatic carbocycles. The van der Waals surface area contributed by atoms with E-state index in [0.717, 1.165) is 12.1 Å². The van der Waals surface area contributed by atoms with Crippen LogP contribution in [0.25, 0.3) is 0 Å². The van der Waals surface area contributed by atoms with Crippen molar-refractivity contribution in [2.45, 2.75) is 6.42 Å². The van der Waals surface area contributed by atoms with Crippen LogP contribution in [0.3, 0.4) is 0 Å². The van der Waals surface area contributed by atoms with Gasteiger partial charge in [0, 0.05) is 5.56 Å². The van der Waals surface area contributed by atoms with Crippen LogP contribution in [-0.4, -0.2) is 19.0 Å². The molecule has 1 aromatic rings. The number of benzene rings is 1. The van der Waals surface area contributed by atoms with E-state index in [-0.39, 0.29) is 23.9 Å². The number of halogens is 2. The highest BCUT2D eigenvalue weighted by Crippen LogP contribution is 2.18. The van der Waals surface area contributed by atoms with Gasteiger partial charge in [-0.25, -0.2) is 18.6 Å². The normalized spacial score (nSPS) is 20.8. The third-order valence-electron chi connectivity index (χ3n) is 2.48. The van der Waals surface area contributed by atoms with Crippen LogP contribution in [0.15, 0.2) is 18.2 Å². The van der Waals surface area contributed by atoms with Crippen molar-refractivity contribution in [1.29, 1.82) is 0 Å². The second-order valence-corrected chi connectivity index (χ2v) is 3.59. The summed E-state index contributed by atoms with van der Waals surface area (Å²) >= 11 is 0. The molecule has 1 aliphatic heterocycles. The molecule has 0 N–H and O–H groups in total. The minimum atomic E-state index is -1.01. The lowest BCUT2D eigenvalue weighted by Crippen LogP contribution is -2.26. The van der Waals surface area contributed by atoms with Crippen LogP contribution in [0, 0.1) is 17.6 Å². The predicted octanol–water partition coefficient (Wildman–Crippen LogP) is 2.12. The topological polar surface area (TPSA) is 35.5 Å². The number of rotatable bonds is 2. The van der Waals surface area contributed by atoms with E-state index in [1.807, 2.05) is 0 Å². The Bertz CT molecular complexity index is 400. The van der Waals surface area contributed by atoms with Gasteiger partial charge in [-0.05, 0) is 24.6 Å². The maximum absolute atomic E-state index is 12.9. The molecule has 1 unspecified atom stereocenters. The molecule has 1 heterocycles. The van der Waals surface area contributed by atoms with E-state index in [1.165, 1.54) is 6.07 Å². The average Bonchev–Trinajstić information content (AvgIpc) is 2.33. The molecule has 5 heteroatoms. The fourth-order valence-corrected chi connectivity index (χ4v) is 1.55. The predicted molar refractivity (Wildman–Crippen MR) is 50.7 cm³/mol. The van der Waals surface area contributed by atoms with Crippen LogP contribution in [0.4, 0.5) is 8.78 Å². The third kappa shape index (κ3) is 2.25. The lowest BCUT2D eigenvalue weighted by atomic mass is 9.95. The Hall–Kier alpha value is -1.33. The Morgan fingerprint density at radius 3 is 2.69 bits per heavy atom. The Balaban J connectivity index is 2.16. The summed E-state index contributed by atoms with van der Waals surface area (Å²) in [4.78, 5) is 21.2. The molecule has 0 aromatic heterocycles. The zero-order chi connectivity index (χ0) is 11.5. The first-order valence-corrected chi connectivity index (χ1v) is 4.92. The van der Waals surface area contributed by atoms with Gasteiger partial charge in [0.1, 0.15) is 0 Å². The average molecular weight is 228 g/mol. The van der Waals surface area contributed by atoms with E-state index >= 15 is 0 Å². The van der Waals surface area contributed by atoms with Gasteiger partial charge >= 0.3 is 0 Å². The lowest BCUT2D eigenvalue weighted by molar-refractivity contribution is -0.319. The number of hydrogen-bond acceptors (Lipinski definition) is 3. The van der Waals surface area contributed by atoms with Crippen molar-refractivity contribution in [1.82, 2.24) is 0 Å². The molecule has 0 saturated carbocycles. The summed E-state index contributed by atoms with van der Waals surface area (Å²) in [5.74, 6) is -2.57. The van der Waals surface area contributed by atoms with Crippen LogP contribution < -0.4 is 0 Å². The molecule has 1 aromatic carbocycles. The minimum absolute atomic E-state index is 0.151. The maximum atomic E-state index is 12.9. The lowest BCUT2D eigenvalue weighted by Gasteiger charge is -2.19. The molecular formula is C11H10F2O3. The Morgan fingerprint density at radius 2 is 2.06 bits per heavy atom. The SMILES string of the molecule is O=C(c1ccc(F)c(F)c1)C1CCOOC1. The molecule has 2 rings (SSSR count). The van der Waals surface area contributed by atoms with Gasteiger partial charge in [-0.2, -0.15) is 0 Å². The number of carbonyl (C=O) groups excluding carboxylic acids is 1. The van der Waals surface area contributed by atoms with Crippen molar-refractivity contribution in [2.24, 2.45) is 5.92 Å². The summed E-state index contributed by atoms with van der Waals surface area (Å²) in [6.45, 7) is 0.484. The Kier molecular flexibility index (Phi) is 3.26. The van der Waals surface area contributed by atoms with Gasteiger partial charge in [0.2, 0.25) is 0 Å². The molecule has 86 valence electrons. The van der Waals surface area contributed by atoms with Crippen LogP contribution in [0.5, 0.6) is 0 Å². The molecule has 0 radical (unpaired) electrons. The molecule has 0 amide bonds. The Morgan fingerprint density at radius 1 is 1.25 bits per heavy atom. The van der Waals surface area contributed by atoms with Gasteiger partial charge in [0.15, 0.2) is 17.4 Å². The zero-order valence-electron chi connectivity index (χ0n) is 8.41. The maximum Gasteiger partial charge on any atom is 0.168 e. The van der Waals surface area contributed by atoms with Crippen LogP contribution >= 0.6 is 0 Å². The number of hydrogen-bond donors (Lipinski definition) is 0. The van der Waals surface area contributed by atoms with Crippen LogP contribution in [0.1, 0.15) is 16.8 Å². The molecule has 3 nitrogen and oxygen atoms in total. The molecule has 1 saturated heterocycles. The van der Waals surface area contributed by atoms with Gasteiger partial charge < -0.3 is 0 Å². The van der Waals surface area contributed by atoms with Gasteiger partial charge in [-0.1, -0.05) is 0 Å². The number of carbonyl (C=O) groups is 1. The zero-order valence-corrected chi connectivity index (χ0v) is 8.41. The second kappa shape index (κ2) is 4.67. The third-order valence-corrected chi connectivity index (χ3v) is 2.48. The largest absolute Gasteiger partial charge is 0.294 e. The van der Waals surface area contributed by atoms with Crippen molar-refractivity contribution < 1.29 is 23.4 Å². The summed E-state index contributed by atoms with van der Waals surface area (Å²) in [5.41, 5.74) is 0.161. The van der Waals surface area contributed by atoms with E-state index < -0.39 is 11.6 Å². The monoisotopic (exact) mass is 228 g/mol. The summed E-state index contributed by atoms with van der Waals surface area (Å²) < 4.78 is 25.6. The fourth-order valence-electron chi connectivity index (χ4n) is 1.55. The molecule has 1 fully saturated rings. The van der Waals surface area contributed by atoms with Crippen molar-refractivity contribution in [3.63, 3.8) is 0 Å². The minimum Gasteiger partial charge on any atom is -0.294 e. The van der Waals surface area contributed by atoms with E-state index in [2.05, 4.69) is 4.89 Å². The molecule has 1 atom stereocenters. The second-order valence-electron chi connectivity index (χ2n) is 3.59. The van der Waals surface area contributed by atoms with Gasteiger partial charge in [0.25, 0.3) is 0 Å². The summed E-state index contributed by atoms with van der Waals surface area (Å²) in [5, 5.41) is 0. The quantitative estimate of drug-likeness (QED) is 0.574. The summed E-state index contributed by atoms with van der Waals surface area (Å²) in [7, 11) is 0. The smallest absolute Gasteiger partial charge is 0.168 e. The van der Waals surface area contributed by atoms with E-state index in [4.69, 9.17) is 4.89 Å². The molecule has 0 spiro atoms. The first-order chi connectivity index (χ1) is 7.68. The highest BCUT2D eigenvalue weighted by atomic mass is 19.2. The highest BCUT2D eigenvalue weighted by Gasteiger charge is 2.24. The molecule has 16 heavy (non-hydrogen) atoms. The van der Waals surface area contributed by atoms with Crippen molar-refractivity contribution in [3.8, 4) is 0 Å². The number of Topliss-reactive ketones (excluding diaryl/α,β-unsaturated/α-hetero) is 1. The van der Waals surface area contributed by atoms with Crippen LogP contribution in [0.2, 0.25) is 0 Å². The standard InChI is InChI=1S/C11H10F2O3/c12-9-2-1-7(5-10(9)13)11(14)8-3-4-15-16-6-8/h1-2,5,8H,3-4,6H2. The molecular weight excluding hydrogens is 218 g/mol. The van der Waals surface area contributed by atoms with E-state index in [9.17, 15) is 13.6 Å². The van der Waals surface area contributed by atoms with E-state index in [0.29, 0.717) is 13.0 Å². The molecule has 0 bridgehead atoms. The van der Waals surface area contributed by atoms with Crippen molar-refractivity contribution >= 4 is 5.78 Å². The van der Waals surface area contributed by atoms with Gasteiger partial charge in [0.05, 0.1) is 19.1 Å². The van der Waals surface area contributed by atoms with Gasteiger partial charge in [-0.3, -0.25) is 4.79 Å². The summed E-state index contributed by atoms with van der Waals surface area (Å²) in [6, 6.07) is 3.13. The number of ketones is 1. The first kappa shape index (κ1) is 11.2.